The van der Waals surface area contributed by atoms with Gasteiger partial charge in [-0.3, -0.25) is 4.72 Å². The number of nitrogens with one attached hydrogen (secondary N) is 1. The van der Waals surface area contributed by atoms with Gasteiger partial charge in [-0.2, -0.15) is 0 Å². The molecule has 1 spiro atoms. The van der Waals surface area contributed by atoms with Gasteiger partial charge in [0.05, 0.1) is 38.2 Å². The molecule has 27 heavy (non-hydrogen) atoms. The highest BCUT2D eigenvalue weighted by atomic mass is 32.2. The first-order valence-corrected chi connectivity index (χ1v) is 10.3. The van der Waals surface area contributed by atoms with Crippen LogP contribution in [0.2, 0.25) is 0 Å². The molecular formula is C18H23NO7S. The Morgan fingerprint density at radius 3 is 2.67 bits per heavy atom. The fourth-order valence-corrected chi connectivity index (χ4v) is 4.81. The summed E-state index contributed by atoms with van der Waals surface area (Å²) in [6, 6.07) is 6.67. The predicted octanol–water partition coefficient (Wildman–Crippen LogP) is 1.83. The molecule has 1 atom stereocenters. The molecule has 1 saturated heterocycles. The van der Waals surface area contributed by atoms with Crippen molar-refractivity contribution in [2.75, 3.05) is 31.7 Å². The Kier molecular flexibility index (Phi) is 5.73. The number of hydrogen-bond donors (Lipinski definition) is 1. The van der Waals surface area contributed by atoms with E-state index in [1.54, 1.807) is 31.2 Å². The second kappa shape index (κ2) is 7.87. The van der Waals surface area contributed by atoms with Crippen LogP contribution in [0.4, 0.5) is 5.69 Å². The number of anilines is 1. The number of rotatable bonds is 6. The minimum atomic E-state index is -3.94. The number of hydrogen-bond acceptors (Lipinski definition) is 7. The molecular weight excluding hydrogens is 374 g/mol. The van der Waals surface area contributed by atoms with Crippen LogP contribution in [0.15, 0.2) is 35.9 Å². The van der Waals surface area contributed by atoms with E-state index in [0.717, 1.165) is 0 Å². The number of ether oxygens (including phenoxy) is 4. The molecule has 9 heteroatoms. The summed E-state index contributed by atoms with van der Waals surface area (Å²) in [5, 5.41) is -1.08. The predicted molar refractivity (Wildman–Crippen MR) is 97.9 cm³/mol. The van der Waals surface area contributed by atoms with E-state index in [1.807, 2.05) is 0 Å². The average molecular weight is 397 g/mol. The van der Waals surface area contributed by atoms with Gasteiger partial charge in [0.25, 0.3) is 0 Å². The molecule has 0 amide bonds. The molecule has 1 heterocycles. The van der Waals surface area contributed by atoms with Crippen molar-refractivity contribution in [3.8, 4) is 5.75 Å². The van der Waals surface area contributed by atoms with Crippen LogP contribution in [0.3, 0.4) is 0 Å². The summed E-state index contributed by atoms with van der Waals surface area (Å²) in [5.41, 5.74) is 0.323. The first-order valence-electron chi connectivity index (χ1n) is 8.73. The third kappa shape index (κ3) is 4.10. The van der Waals surface area contributed by atoms with Crippen molar-refractivity contribution in [2.24, 2.45) is 0 Å². The zero-order valence-electron chi connectivity index (χ0n) is 15.3. The fourth-order valence-electron chi connectivity index (χ4n) is 3.27. The second-order valence-electron chi connectivity index (χ2n) is 6.20. The van der Waals surface area contributed by atoms with Crippen molar-refractivity contribution in [1.82, 2.24) is 0 Å². The Bertz CT molecular complexity index is 828. The van der Waals surface area contributed by atoms with E-state index in [-0.39, 0.29) is 18.6 Å². The van der Waals surface area contributed by atoms with E-state index >= 15 is 0 Å². The van der Waals surface area contributed by atoms with Crippen LogP contribution in [0, 0.1) is 0 Å². The summed E-state index contributed by atoms with van der Waals surface area (Å²) in [5.74, 6) is -1.36. The summed E-state index contributed by atoms with van der Waals surface area (Å²) >= 11 is 0. The first-order chi connectivity index (χ1) is 12.9. The lowest BCUT2D eigenvalue weighted by atomic mass is 9.94. The third-order valence-corrected chi connectivity index (χ3v) is 6.24. The molecule has 0 bridgehead atoms. The molecule has 1 aliphatic carbocycles. The lowest BCUT2D eigenvalue weighted by Crippen LogP contribution is -2.42. The van der Waals surface area contributed by atoms with Gasteiger partial charge in [-0.05, 0) is 31.6 Å². The summed E-state index contributed by atoms with van der Waals surface area (Å²) in [4.78, 5) is 12.5. The first kappa shape index (κ1) is 19.7. The Morgan fingerprint density at radius 1 is 1.30 bits per heavy atom. The van der Waals surface area contributed by atoms with E-state index in [0.29, 0.717) is 31.1 Å². The molecule has 1 aromatic rings. The van der Waals surface area contributed by atoms with Gasteiger partial charge in [-0.15, -0.1) is 0 Å². The zero-order valence-corrected chi connectivity index (χ0v) is 16.1. The monoisotopic (exact) mass is 397 g/mol. The maximum atomic E-state index is 13.0. The summed E-state index contributed by atoms with van der Waals surface area (Å²) < 4.78 is 50.1. The van der Waals surface area contributed by atoms with Gasteiger partial charge in [0.2, 0.25) is 10.0 Å². The van der Waals surface area contributed by atoms with Gasteiger partial charge in [-0.1, -0.05) is 12.1 Å². The van der Waals surface area contributed by atoms with Gasteiger partial charge in [0, 0.05) is 6.42 Å². The van der Waals surface area contributed by atoms with E-state index < -0.39 is 27.0 Å². The fraction of sp³-hybridized carbons (Fsp3) is 0.500. The van der Waals surface area contributed by atoms with Crippen LogP contribution in [0.25, 0.3) is 0 Å². The van der Waals surface area contributed by atoms with Crippen LogP contribution in [0.5, 0.6) is 5.75 Å². The van der Waals surface area contributed by atoms with E-state index in [4.69, 9.17) is 18.9 Å². The molecule has 148 valence electrons. The van der Waals surface area contributed by atoms with Crippen LogP contribution in [-0.2, 0) is 29.0 Å². The number of benzene rings is 1. The van der Waals surface area contributed by atoms with E-state index in [1.165, 1.54) is 13.2 Å². The van der Waals surface area contributed by atoms with E-state index in [9.17, 15) is 13.2 Å². The molecule has 8 nitrogen and oxygen atoms in total. The smallest absolute Gasteiger partial charge is 0.335 e. The molecule has 1 unspecified atom stereocenters. The van der Waals surface area contributed by atoms with Gasteiger partial charge >= 0.3 is 5.97 Å². The maximum absolute atomic E-state index is 13.0. The highest BCUT2D eigenvalue weighted by Crippen LogP contribution is 2.38. The number of sulfonamides is 1. The van der Waals surface area contributed by atoms with Crippen molar-refractivity contribution in [3.05, 3.63) is 35.9 Å². The Morgan fingerprint density at radius 2 is 2.00 bits per heavy atom. The molecule has 1 aromatic carbocycles. The maximum Gasteiger partial charge on any atom is 0.335 e. The largest absolute Gasteiger partial charge is 0.495 e. The summed E-state index contributed by atoms with van der Waals surface area (Å²) in [6.45, 7) is 2.58. The molecule has 3 rings (SSSR count). The minimum Gasteiger partial charge on any atom is -0.495 e. The standard InChI is InChI=1S/C18H23NO7S/c1-3-24-17(20)13-12-18(25-10-11-26-18)9-8-16(13)27(21,22)19-14-6-4-5-7-15(14)23-2/h4-7,12,16,19H,3,8-11H2,1-2H3. The van der Waals surface area contributed by atoms with Gasteiger partial charge in [-0.25, -0.2) is 13.2 Å². The second-order valence-corrected chi connectivity index (χ2v) is 8.07. The molecule has 0 radical (unpaired) electrons. The highest BCUT2D eigenvalue weighted by molar-refractivity contribution is 7.93. The molecule has 1 N–H and O–H groups in total. The van der Waals surface area contributed by atoms with Crippen molar-refractivity contribution in [1.29, 1.82) is 0 Å². The molecule has 2 aliphatic rings. The number of esters is 1. The van der Waals surface area contributed by atoms with Crippen molar-refractivity contribution in [3.63, 3.8) is 0 Å². The lowest BCUT2D eigenvalue weighted by Gasteiger charge is -2.33. The highest BCUT2D eigenvalue weighted by Gasteiger charge is 2.46. The lowest BCUT2D eigenvalue weighted by molar-refractivity contribution is -0.143. The molecule has 0 aromatic heterocycles. The minimum absolute atomic E-state index is 0.0207. The SMILES string of the molecule is CCOC(=O)C1=CC2(CCC1S(=O)(=O)Nc1ccccc1OC)OCCO2. The van der Waals surface area contributed by atoms with Crippen molar-refractivity contribution < 1.29 is 32.2 Å². The number of carbonyl (C=O) groups excluding carboxylic acids is 1. The zero-order chi connectivity index (χ0) is 19.5. The topological polar surface area (TPSA) is 100 Å². The average Bonchev–Trinajstić information content (AvgIpc) is 3.09. The number of methoxy groups -OCH3 is 1. The Hall–Kier alpha value is -2.10. The van der Waals surface area contributed by atoms with Gasteiger partial charge in [0.15, 0.2) is 5.79 Å². The van der Waals surface area contributed by atoms with Crippen molar-refractivity contribution in [2.45, 2.75) is 30.8 Å². The van der Waals surface area contributed by atoms with Crippen molar-refractivity contribution >= 4 is 21.7 Å². The third-order valence-electron chi connectivity index (χ3n) is 4.50. The van der Waals surface area contributed by atoms with Gasteiger partial charge in [0.1, 0.15) is 11.0 Å². The van der Waals surface area contributed by atoms with Crippen LogP contribution >= 0.6 is 0 Å². The summed E-state index contributed by atoms with van der Waals surface area (Å²) in [6.07, 6.45) is 1.94. The van der Waals surface area contributed by atoms with Gasteiger partial charge < -0.3 is 18.9 Å². The number of para-hydroxylation sites is 2. The van der Waals surface area contributed by atoms with E-state index in [2.05, 4.69) is 4.72 Å². The Balaban J connectivity index is 1.93. The Labute approximate surface area is 158 Å². The van der Waals surface area contributed by atoms with Crippen LogP contribution < -0.4 is 9.46 Å². The molecule has 1 aliphatic heterocycles. The van der Waals surface area contributed by atoms with Crippen LogP contribution in [-0.4, -0.2) is 52.4 Å². The normalized spacial score (nSPS) is 21.6. The number of carbonyl (C=O) groups is 1. The summed E-state index contributed by atoms with van der Waals surface area (Å²) in [7, 11) is -2.48. The molecule has 0 saturated carbocycles. The molecule has 1 fully saturated rings. The quantitative estimate of drug-likeness (QED) is 0.731. The van der Waals surface area contributed by atoms with Crippen LogP contribution in [0.1, 0.15) is 19.8 Å².